The zero-order valence-electron chi connectivity index (χ0n) is 17.6. The van der Waals surface area contributed by atoms with Crippen LogP contribution in [0.2, 0.25) is 5.02 Å². The Morgan fingerprint density at radius 2 is 1.74 bits per heavy atom. The standard InChI is InChI=1S/C24H25ClN4O2/c1-17-14-20(18(2)29(17)22-10-8-21(25)9-11-22)16-27-28-24(31)15-23(30)26-13-12-19-6-4-3-5-7-19/h3-11,14,16H,12-13,15H2,1-2H3,(H,26,30)(H,28,31)/b27-16+. The third-order valence-electron chi connectivity index (χ3n) is 4.85. The van der Waals surface area contributed by atoms with E-state index in [0.717, 1.165) is 34.6 Å². The fourth-order valence-electron chi connectivity index (χ4n) is 3.32. The predicted octanol–water partition coefficient (Wildman–Crippen LogP) is 3.95. The van der Waals surface area contributed by atoms with Crippen molar-refractivity contribution in [3.63, 3.8) is 0 Å². The second kappa shape index (κ2) is 10.6. The monoisotopic (exact) mass is 436 g/mol. The minimum Gasteiger partial charge on any atom is -0.355 e. The number of amides is 2. The van der Waals surface area contributed by atoms with Gasteiger partial charge in [-0.2, -0.15) is 5.10 Å². The summed E-state index contributed by atoms with van der Waals surface area (Å²) in [6.07, 6.45) is 2.03. The molecule has 0 atom stereocenters. The zero-order chi connectivity index (χ0) is 22.2. The summed E-state index contributed by atoms with van der Waals surface area (Å²) in [5.41, 5.74) is 7.44. The van der Waals surface area contributed by atoms with Gasteiger partial charge in [0.2, 0.25) is 11.8 Å². The Morgan fingerprint density at radius 1 is 1.03 bits per heavy atom. The lowest BCUT2D eigenvalue weighted by Crippen LogP contribution is -2.31. The topological polar surface area (TPSA) is 75.5 Å². The highest BCUT2D eigenvalue weighted by Crippen LogP contribution is 2.21. The molecule has 0 radical (unpaired) electrons. The highest BCUT2D eigenvalue weighted by atomic mass is 35.5. The Balaban J connectivity index is 1.50. The molecule has 0 spiro atoms. The molecular weight excluding hydrogens is 412 g/mol. The number of hydrazone groups is 1. The number of nitrogens with zero attached hydrogens (tertiary/aromatic N) is 2. The number of rotatable bonds is 8. The van der Waals surface area contributed by atoms with Crippen molar-refractivity contribution in [1.29, 1.82) is 0 Å². The van der Waals surface area contributed by atoms with Gasteiger partial charge in [-0.3, -0.25) is 9.59 Å². The maximum Gasteiger partial charge on any atom is 0.249 e. The molecule has 2 N–H and O–H groups in total. The van der Waals surface area contributed by atoms with E-state index in [-0.39, 0.29) is 12.3 Å². The van der Waals surface area contributed by atoms with Crippen molar-refractivity contribution in [2.45, 2.75) is 26.7 Å². The molecule has 0 fully saturated rings. The summed E-state index contributed by atoms with van der Waals surface area (Å²) in [5, 5.41) is 7.43. The quantitative estimate of drug-likeness (QED) is 0.319. The van der Waals surface area contributed by atoms with Crippen LogP contribution in [0.3, 0.4) is 0 Å². The summed E-state index contributed by atoms with van der Waals surface area (Å²) in [4.78, 5) is 23.9. The number of carbonyl (C=O) groups is 2. The first-order valence-corrected chi connectivity index (χ1v) is 10.4. The van der Waals surface area contributed by atoms with Crippen LogP contribution >= 0.6 is 11.6 Å². The van der Waals surface area contributed by atoms with Gasteiger partial charge < -0.3 is 9.88 Å². The largest absolute Gasteiger partial charge is 0.355 e. The minimum absolute atomic E-state index is 0.268. The van der Waals surface area contributed by atoms with Crippen molar-refractivity contribution < 1.29 is 9.59 Å². The van der Waals surface area contributed by atoms with Crippen molar-refractivity contribution in [2.24, 2.45) is 5.10 Å². The molecule has 1 aromatic heterocycles. The Bertz CT molecular complexity index is 1070. The summed E-state index contributed by atoms with van der Waals surface area (Å²) in [6.45, 7) is 4.46. The van der Waals surface area contributed by atoms with Crippen LogP contribution in [-0.4, -0.2) is 29.1 Å². The van der Waals surface area contributed by atoms with E-state index in [2.05, 4.69) is 20.4 Å². The van der Waals surface area contributed by atoms with Gasteiger partial charge in [-0.05, 0) is 56.2 Å². The molecule has 31 heavy (non-hydrogen) atoms. The molecule has 0 saturated heterocycles. The molecule has 0 saturated carbocycles. The first-order valence-electron chi connectivity index (χ1n) is 10.0. The molecule has 2 aromatic carbocycles. The smallest absolute Gasteiger partial charge is 0.249 e. The van der Waals surface area contributed by atoms with Crippen LogP contribution in [0.4, 0.5) is 0 Å². The van der Waals surface area contributed by atoms with Crippen molar-refractivity contribution in [3.8, 4) is 5.69 Å². The molecule has 6 nitrogen and oxygen atoms in total. The molecule has 0 bridgehead atoms. The Kier molecular flexibility index (Phi) is 7.62. The minimum atomic E-state index is -0.458. The average Bonchev–Trinajstić information content (AvgIpc) is 3.03. The number of aryl methyl sites for hydroxylation is 1. The highest BCUT2D eigenvalue weighted by molar-refractivity contribution is 6.30. The maximum atomic E-state index is 12.0. The van der Waals surface area contributed by atoms with Gasteiger partial charge >= 0.3 is 0 Å². The van der Waals surface area contributed by atoms with Crippen LogP contribution in [0.25, 0.3) is 5.69 Å². The Labute approximate surface area is 186 Å². The lowest BCUT2D eigenvalue weighted by Gasteiger charge is -2.09. The first-order chi connectivity index (χ1) is 14.9. The van der Waals surface area contributed by atoms with E-state index in [9.17, 15) is 9.59 Å². The fourth-order valence-corrected chi connectivity index (χ4v) is 3.44. The molecule has 0 aliphatic rings. The van der Waals surface area contributed by atoms with Crippen LogP contribution in [0, 0.1) is 13.8 Å². The average molecular weight is 437 g/mol. The highest BCUT2D eigenvalue weighted by Gasteiger charge is 2.11. The number of nitrogens with one attached hydrogen (secondary N) is 2. The molecule has 7 heteroatoms. The van der Waals surface area contributed by atoms with Gasteiger partial charge in [0.05, 0.1) is 6.21 Å². The third-order valence-corrected chi connectivity index (χ3v) is 5.10. The summed E-state index contributed by atoms with van der Waals surface area (Å²) in [5.74, 6) is -0.787. The molecule has 2 amide bonds. The third kappa shape index (κ3) is 6.30. The van der Waals surface area contributed by atoms with Crippen molar-refractivity contribution in [2.75, 3.05) is 6.54 Å². The second-order valence-corrected chi connectivity index (χ2v) is 7.63. The van der Waals surface area contributed by atoms with Crippen molar-refractivity contribution in [1.82, 2.24) is 15.3 Å². The molecule has 160 valence electrons. The summed E-state index contributed by atoms with van der Waals surface area (Å²) in [7, 11) is 0. The molecule has 0 aliphatic heterocycles. The van der Waals surface area contributed by atoms with Crippen LogP contribution in [0.5, 0.6) is 0 Å². The van der Waals surface area contributed by atoms with Gasteiger partial charge in [0, 0.05) is 34.2 Å². The SMILES string of the molecule is Cc1cc(/C=N/NC(=O)CC(=O)NCCc2ccccc2)c(C)n1-c1ccc(Cl)cc1. The summed E-state index contributed by atoms with van der Waals surface area (Å²) < 4.78 is 2.08. The molecule has 1 heterocycles. The van der Waals surface area contributed by atoms with Crippen LogP contribution in [-0.2, 0) is 16.0 Å². The van der Waals surface area contributed by atoms with Crippen LogP contribution in [0.1, 0.15) is 28.9 Å². The second-order valence-electron chi connectivity index (χ2n) is 7.19. The van der Waals surface area contributed by atoms with E-state index >= 15 is 0 Å². The van der Waals surface area contributed by atoms with E-state index in [4.69, 9.17) is 11.6 Å². The van der Waals surface area contributed by atoms with Gasteiger partial charge in [0.15, 0.2) is 0 Å². The predicted molar refractivity (Wildman–Crippen MR) is 124 cm³/mol. The van der Waals surface area contributed by atoms with Gasteiger partial charge in [0.25, 0.3) is 0 Å². The number of halogens is 1. The normalized spacial score (nSPS) is 10.9. The van der Waals surface area contributed by atoms with Gasteiger partial charge in [-0.1, -0.05) is 41.9 Å². The maximum absolute atomic E-state index is 12.0. The zero-order valence-corrected chi connectivity index (χ0v) is 18.3. The van der Waals surface area contributed by atoms with Gasteiger partial charge in [-0.15, -0.1) is 0 Å². The number of carbonyl (C=O) groups excluding carboxylic acids is 2. The number of benzene rings is 2. The van der Waals surface area contributed by atoms with E-state index in [1.165, 1.54) is 0 Å². The Morgan fingerprint density at radius 3 is 2.45 bits per heavy atom. The molecule has 3 aromatic rings. The number of aromatic nitrogens is 1. The van der Waals surface area contributed by atoms with E-state index in [1.807, 2.05) is 74.5 Å². The van der Waals surface area contributed by atoms with E-state index < -0.39 is 5.91 Å². The lowest BCUT2D eigenvalue weighted by atomic mass is 10.1. The lowest BCUT2D eigenvalue weighted by molar-refractivity contribution is -0.129. The summed E-state index contributed by atoms with van der Waals surface area (Å²) in [6, 6.07) is 19.4. The first kappa shape index (κ1) is 22.3. The van der Waals surface area contributed by atoms with Gasteiger partial charge in [0.1, 0.15) is 6.42 Å². The van der Waals surface area contributed by atoms with E-state index in [1.54, 1.807) is 6.21 Å². The molecule has 0 aliphatic carbocycles. The molecule has 3 rings (SSSR count). The number of hydrogen-bond donors (Lipinski definition) is 2. The van der Waals surface area contributed by atoms with Gasteiger partial charge in [-0.25, -0.2) is 5.43 Å². The number of hydrogen-bond acceptors (Lipinski definition) is 3. The van der Waals surface area contributed by atoms with Crippen LogP contribution < -0.4 is 10.7 Å². The van der Waals surface area contributed by atoms with E-state index in [0.29, 0.717) is 11.6 Å². The summed E-state index contributed by atoms with van der Waals surface area (Å²) >= 11 is 5.98. The molecular formula is C24H25ClN4O2. The van der Waals surface area contributed by atoms with Crippen LogP contribution in [0.15, 0.2) is 65.8 Å². The molecule has 0 unspecified atom stereocenters. The fraction of sp³-hybridized carbons (Fsp3) is 0.208. The van der Waals surface area contributed by atoms with Crippen molar-refractivity contribution >= 4 is 29.6 Å². The Hall–Kier alpha value is -3.38. The van der Waals surface area contributed by atoms with Crippen molar-refractivity contribution in [3.05, 3.63) is 88.2 Å².